The maximum Gasteiger partial charge on any atom is 0.283 e. The van der Waals surface area contributed by atoms with Crippen LogP contribution in [0.15, 0.2) is 22.7 Å². The fourth-order valence-electron chi connectivity index (χ4n) is 1.22. The summed E-state index contributed by atoms with van der Waals surface area (Å²) in [6, 6.07) is 4.98. The predicted molar refractivity (Wildman–Crippen MR) is 59.4 cm³/mol. The molecule has 5 nitrogen and oxygen atoms in total. The lowest BCUT2D eigenvalue weighted by atomic mass is 10.0. The highest BCUT2D eigenvalue weighted by molar-refractivity contribution is 9.10. The Balaban J connectivity index is 3.02. The van der Waals surface area contributed by atoms with E-state index in [0.29, 0.717) is 11.1 Å². The number of rotatable bonds is 4. The highest BCUT2D eigenvalue weighted by atomic mass is 79.9. The molecule has 1 atom stereocenters. The standard InChI is InChI=1S/C9H11BrN2O3/c1-6(5-15-11)7-2-3-8(10)9(4-7)12(13)14/h2-4,6H,5,11H2,1H3. The molecule has 1 unspecified atom stereocenters. The number of nitrogens with two attached hydrogens (primary N) is 1. The van der Waals surface area contributed by atoms with E-state index in [1.165, 1.54) is 6.07 Å². The molecule has 0 spiro atoms. The molecule has 0 aliphatic rings. The second-order valence-electron chi connectivity index (χ2n) is 3.20. The maximum atomic E-state index is 10.7. The second kappa shape index (κ2) is 5.20. The highest BCUT2D eigenvalue weighted by Gasteiger charge is 2.15. The van der Waals surface area contributed by atoms with Gasteiger partial charge in [-0.3, -0.25) is 10.1 Å². The molecular weight excluding hydrogens is 264 g/mol. The average Bonchev–Trinajstić information content (AvgIpc) is 2.18. The van der Waals surface area contributed by atoms with Crippen LogP contribution >= 0.6 is 15.9 Å². The second-order valence-corrected chi connectivity index (χ2v) is 4.06. The summed E-state index contributed by atoms with van der Waals surface area (Å²) in [5.74, 6) is 4.98. The molecule has 0 saturated heterocycles. The van der Waals surface area contributed by atoms with Crippen molar-refractivity contribution in [1.82, 2.24) is 0 Å². The topological polar surface area (TPSA) is 78.4 Å². The molecule has 0 fully saturated rings. The molecule has 1 aromatic carbocycles. The Morgan fingerprint density at radius 3 is 2.87 bits per heavy atom. The number of hydrogen-bond acceptors (Lipinski definition) is 4. The van der Waals surface area contributed by atoms with Crippen LogP contribution in [0.5, 0.6) is 0 Å². The van der Waals surface area contributed by atoms with Crippen molar-refractivity contribution in [2.75, 3.05) is 6.61 Å². The smallest absolute Gasteiger partial charge is 0.283 e. The summed E-state index contributed by atoms with van der Waals surface area (Å²) >= 11 is 3.12. The van der Waals surface area contributed by atoms with Crippen LogP contribution in [0.4, 0.5) is 5.69 Å². The third-order valence-corrected chi connectivity index (χ3v) is 2.75. The van der Waals surface area contributed by atoms with Crippen molar-refractivity contribution < 1.29 is 9.76 Å². The minimum absolute atomic E-state index is 0.0294. The number of nitro groups is 1. The van der Waals surface area contributed by atoms with Crippen LogP contribution in [0.25, 0.3) is 0 Å². The Morgan fingerprint density at radius 1 is 1.67 bits per heavy atom. The van der Waals surface area contributed by atoms with Crippen molar-refractivity contribution in [1.29, 1.82) is 0 Å². The lowest BCUT2D eigenvalue weighted by Crippen LogP contribution is -2.08. The number of benzene rings is 1. The molecule has 0 aliphatic heterocycles. The minimum atomic E-state index is -0.427. The van der Waals surface area contributed by atoms with Crippen LogP contribution in [0.3, 0.4) is 0 Å². The van der Waals surface area contributed by atoms with Gasteiger partial charge in [0.25, 0.3) is 5.69 Å². The van der Waals surface area contributed by atoms with Gasteiger partial charge in [-0.05, 0) is 27.6 Å². The van der Waals surface area contributed by atoms with Gasteiger partial charge in [-0.15, -0.1) is 0 Å². The summed E-state index contributed by atoms with van der Waals surface area (Å²) in [4.78, 5) is 14.8. The third-order valence-electron chi connectivity index (χ3n) is 2.08. The Hall–Kier alpha value is -0.980. The SMILES string of the molecule is CC(CON)c1ccc(Br)c([N+](=O)[O-])c1. The maximum absolute atomic E-state index is 10.7. The summed E-state index contributed by atoms with van der Waals surface area (Å²) in [6.45, 7) is 2.22. The molecule has 1 rings (SSSR count). The highest BCUT2D eigenvalue weighted by Crippen LogP contribution is 2.28. The Kier molecular flexibility index (Phi) is 4.19. The minimum Gasteiger partial charge on any atom is -0.304 e. The third kappa shape index (κ3) is 2.98. The fourth-order valence-corrected chi connectivity index (χ4v) is 1.61. The average molecular weight is 275 g/mol. The molecule has 0 saturated carbocycles. The molecule has 0 aromatic heterocycles. The van der Waals surface area contributed by atoms with Gasteiger partial charge in [-0.2, -0.15) is 0 Å². The van der Waals surface area contributed by atoms with Crippen LogP contribution < -0.4 is 5.90 Å². The zero-order valence-corrected chi connectivity index (χ0v) is 9.73. The van der Waals surface area contributed by atoms with E-state index in [9.17, 15) is 10.1 Å². The van der Waals surface area contributed by atoms with Gasteiger partial charge in [-0.1, -0.05) is 13.0 Å². The zero-order valence-electron chi connectivity index (χ0n) is 8.14. The first-order valence-electron chi connectivity index (χ1n) is 4.31. The Labute approximate surface area is 95.5 Å². The summed E-state index contributed by atoms with van der Waals surface area (Å²) in [7, 11) is 0. The van der Waals surface area contributed by atoms with Gasteiger partial charge in [-0.25, -0.2) is 5.90 Å². The molecule has 82 valence electrons. The molecule has 0 aliphatic carbocycles. The fraction of sp³-hybridized carbons (Fsp3) is 0.333. The molecule has 15 heavy (non-hydrogen) atoms. The first kappa shape index (κ1) is 12.1. The summed E-state index contributed by atoms with van der Waals surface area (Å²) in [6.07, 6.45) is 0. The van der Waals surface area contributed by atoms with Crippen molar-refractivity contribution in [3.8, 4) is 0 Å². The van der Waals surface area contributed by atoms with Crippen LogP contribution in [0.1, 0.15) is 18.4 Å². The van der Waals surface area contributed by atoms with E-state index in [1.54, 1.807) is 12.1 Å². The Morgan fingerprint density at radius 2 is 2.33 bits per heavy atom. The van der Waals surface area contributed by atoms with Crippen LogP contribution in [-0.2, 0) is 4.84 Å². The molecule has 0 amide bonds. The first-order valence-corrected chi connectivity index (χ1v) is 5.11. The van der Waals surface area contributed by atoms with E-state index >= 15 is 0 Å². The number of hydrogen-bond donors (Lipinski definition) is 1. The Bertz CT molecular complexity index is 370. The largest absolute Gasteiger partial charge is 0.304 e. The van der Waals surface area contributed by atoms with E-state index in [1.807, 2.05) is 6.92 Å². The van der Waals surface area contributed by atoms with E-state index in [2.05, 4.69) is 20.8 Å². The quantitative estimate of drug-likeness (QED) is 0.675. The molecule has 2 N–H and O–H groups in total. The lowest BCUT2D eigenvalue weighted by Gasteiger charge is -2.09. The molecule has 0 heterocycles. The van der Waals surface area contributed by atoms with Crippen LogP contribution in [-0.4, -0.2) is 11.5 Å². The van der Waals surface area contributed by atoms with E-state index in [4.69, 9.17) is 5.90 Å². The lowest BCUT2D eigenvalue weighted by molar-refractivity contribution is -0.385. The summed E-state index contributed by atoms with van der Waals surface area (Å²) in [5, 5.41) is 10.7. The summed E-state index contributed by atoms with van der Waals surface area (Å²) < 4.78 is 0.470. The van der Waals surface area contributed by atoms with Gasteiger partial charge in [0.15, 0.2) is 0 Å². The van der Waals surface area contributed by atoms with Crippen molar-refractivity contribution in [3.05, 3.63) is 38.3 Å². The van der Waals surface area contributed by atoms with Gasteiger partial charge < -0.3 is 4.84 Å². The first-order chi connectivity index (χ1) is 7.06. The van der Waals surface area contributed by atoms with E-state index in [0.717, 1.165) is 5.56 Å². The molecule has 0 radical (unpaired) electrons. The number of nitrogens with zero attached hydrogens (tertiary/aromatic N) is 1. The van der Waals surface area contributed by atoms with Gasteiger partial charge in [0, 0.05) is 12.0 Å². The van der Waals surface area contributed by atoms with E-state index in [-0.39, 0.29) is 11.6 Å². The molecular formula is C9H11BrN2O3. The molecule has 1 aromatic rings. The van der Waals surface area contributed by atoms with Crippen molar-refractivity contribution >= 4 is 21.6 Å². The molecule has 6 heteroatoms. The van der Waals surface area contributed by atoms with Crippen LogP contribution in [0, 0.1) is 10.1 Å². The van der Waals surface area contributed by atoms with Crippen molar-refractivity contribution in [2.24, 2.45) is 5.90 Å². The normalized spacial score (nSPS) is 12.5. The predicted octanol–water partition coefficient (Wildman–Crippen LogP) is 2.35. The van der Waals surface area contributed by atoms with E-state index < -0.39 is 4.92 Å². The summed E-state index contributed by atoms with van der Waals surface area (Å²) in [5.41, 5.74) is 0.881. The van der Waals surface area contributed by atoms with Crippen LogP contribution in [0.2, 0.25) is 0 Å². The molecule has 0 bridgehead atoms. The van der Waals surface area contributed by atoms with Gasteiger partial charge in [0.05, 0.1) is 16.0 Å². The van der Waals surface area contributed by atoms with Crippen molar-refractivity contribution in [2.45, 2.75) is 12.8 Å². The van der Waals surface area contributed by atoms with Crippen molar-refractivity contribution in [3.63, 3.8) is 0 Å². The number of nitro benzene ring substituents is 1. The van der Waals surface area contributed by atoms with Gasteiger partial charge in [0.2, 0.25) is 0 Å². The zero-order chi connectivity index (χ0) is 11.4. The monoisotopic (exact) mass is 274 g/mol. The van der Waals surface area contributed by atoms with Gasteiger partial charge in [0.1, 0.15) is 0 Å². The van der Waals surface area contributed by atoms with Gasteiger partial charge >= 0.3 is 0 Å². The number of halogens is 1.